The highest BCUT2D eigenvalue weighted by Gasteiger charge is 2.26. The van der Waals surface area contributed by atoms with E-state index in [2.05, 4.69) is 78.7 Å². The lowest BCUT2D eigenvalue weighted by Crippen LogP contribution is -2.17. The van der Waals surface area contributed by atoms with Gasteiger partial charge in [0.05, 0.1) is 0 Å². The summed E-state index contributed by atoms with van der Waals surface area (Å²) >= 11 is 0. The number of rotatable bonds is 1. The average molecular weight is 295 g/mol. The molecule has 0 amide bonds. The molecule has 2 radical (unpaired) electrons. The van der Waals surface area contributed by atoms with Crippen LogP contribution in [-0.4, -0.2) is 14.9 Å². The fraction of sp³-hybridized carbons (Fsp3) is 0.143. The Morgan fingerprint density at radius 2 is 1.61 bits per heavy atom. The summed E-state index contributed by atoms with van der Waals surface area (Å²) in [6, 6.07) is 25.7. The van der Waals surface area contributed by atoms with E-state index in [-0.39, 0.29) is 5.92 Å². The van der Waals surface area contributed by atoms with Crippen molar-refractivity contribution in [2.75, 3.05) is 11.9 Å². The maximum absolute atomic E-state index is 6.12. The van der Waals surface area contributed by atoms with E-state index >= 15 is 0 Å². The molecule has 110 valence electrons. The minimum absolute atomic E-state index is 0.218. The SMILES string of the molecule is [B]c1ccc2c(c1)C(c1ccccc1)c1ccccc1CN2C. The third-order valence-electron chi connectivity index (χ3n) is 4.68. The highest BCUT2D eigenvalue weighted by molar-refractivity contribution is 6.32. The molecule has 1 atom stereocenters. The van der Waals surface area contributed by atoms with E-state index < -0.39 is 0 Å². The Labute approximate surface area is 139 Å². The first-order valence-corrected chi connectivity index (χ1v) is 7.97. The Bertz CT molecular complexity index is 841. The molecule has 1 nitrogen and oxygen atoms in total. The van der Waals surface area contributed by atoms with Crippen LogP contribution in [-0.2, 0) is 6.54 Å². The van der Waals surface area contributed by atoms with E-state index in [1.165, 1.54) is 27.9 Å². The molecular weight excluding hydrogens is 277 g/mol. The van der Waals surface area contributed by atoms with E-state index in [1.807, 2.05) is 6.07 Å². The minimum Gasteiger partial charge on any atom is -0.370 e. The minimum atomic E-state index is 0.218. The molecule has 23 heavy (non-hydrogen) atoms. The Balaban J connectivity index is 2.03. The van der Waals surface area contributed by atoms with Crippen molar-refractivity contribution >= 4 is 19.0 Å². The van der Waals surface area contributed by atoms with Crippen molar-refractivity contribution in [3.63, 3.8) is 0 Å². The van der Waals surface area contributed by atoms with Crippen LogP contribution in [0, 0.1) is 0 Å². The van der Waals surface area contributed by atoms with Gasteiger partial charge in [0.2, 0.25) is 0 Å². The number of nitrogens with zero attached hydrogens (tertiary/aromatic N) is 1. The van der Waals surface area contributed by atoms with Gasteiger partial charge in [0.25, 0.3) is 0 Å². The largest absolute Gasteiger partial charge is 0.370 e. The molecule has 1 heterocycles. The van der Waals surface area contributed by atoms with Gasteiger partial charge in [-0.1, -0.05) is 72.2 Å². The van der Waals surface area contributed by atoms with E-state index in [1.54, 1.807) is 0 Å². The van der Waals surface area contributed by atoms with Crippen LogP contribution in [0.15, 0.2) is 72.8 Å². The third kappa shape index (κ3) is 2.44. The monoisotopic (exact) mass is 295 g/mol. The zero-order chi connectivity index (χ0) is 15.8. The van der Waals surface area contributed by atoms with Gasteiger partial charge >= 0.3 is 0 Å². The number of hydrogen-bond acceptors (Lipinski definition) is 1. The van der Waals surface area contributed by atoms with Crippen LogP contribution >= 0.6 is 0 Å². The maximum Gasteiger partial charge on any atom is 0.113 e. The highest BCUT2D eigenvalue weighted by atomic mass is 15.1. The van der Waals surface area contributed by atoms with Crippen molar-refractivity contribution in [3.05, 3.63) is 95.1 Å². The van der Waals surface area contributed by atoms with Gasteiger partial charge in [-0.3, -0.25) is 0 Å². The van der Waals surface area contributed by atoms with Crippen LogP contribution in [0.5, 0.6) is 0 Å². The van der Waals surface area contributed by atoms with Gasteiger partial charge in [-0.05, 0) is 28.3 Å². The molecule has 0 saturated carbocycles. The molecule has 2 heteroatoms. The van der Waals surface area contributed by atoms with Crippen LogP contribution < -0.4 is 10.4 Å². The summed E-state index contributed by atoms with van der Waals surface area (Å²) in [5.74, 6) is 0.218. The van der Waals surface area contributed by atoms with Gasteiger partial charge < -0.3 is 4.90 Å². The Kier molecular flexibility index (Phi) is 3.46. The second kappa shape index (κ2) is 5.62. The lowest BCUT2D eigenvalue weighted by atomic mass is 9.81. The molecule has 0 aromatic heterocycles. The van der Waals surface area contributed by atoms with E-state index in [4.69, 9.17) is 7.85 Å². The van der Waals surface area contributed by atoms with Crippen molar-refractivity contribution in [2.45, 2.75) is 12.5 Å². The van der Waals surface area contributed by atoms with Crippen molar-refractivity contribution in [2.24, 2.45) is 0 Å². The Hall–Kier alpha value is -2.48. The molecular formula is C21H18BN. The van der Waals surface area contributed by atoms with Crippen molar-refractivity contribution < 1.29 is 0 Å². The molecule has 0 aliphatic carbocycles. The smallest absolute Gasteiger partial charge is 0.113 e. The second-order valence-electron chi connectivity index (χ2n) is 6.22. The summed E-state index contributed by atoms with van der Waals surface area (Å²) in [6.07, 6.45) is 0. The summed E-state index contributed by atoms with van der Waals surface area (Å²) in [5, 5.41) is 0. The van der Waals surface area contributed by atoms with Crippen LogP contribution in [0.1, 0.15) is 28.2 Å². The van der Waals surface area contributed by atoms with Crippen LogP contribution in [0.3, 0.4) is 0 Å². The van der Waals surface area contributed by atoms with Gasteiger partial charge in [0.15, 0.2) is 0 Å². The Morgan fingerprint density at radius 3 is 2.43 bits per heavy atom. The van der Waals surface area contributed by atoms with Crippen molar-refractivity contribution in [1.82, 2.24) is 0 Å². The molecule has 0 saturated heterocycles. The molecule has 0 fully saturated rings. The predicted octanol–water partition coefficient (Wildman–Crippen LogP) is 3.61. The fourth-order valence-corrected chi connectivity index (χ4v) is 3.62. The second-order valence-corrected chi connectivity index (χ2v) is 6.22. The maximum atomic E-state index is 6.12. The van der Waals surface area contributed by atoms with Gasteiger partial charge in [-0.25, -0.2) is 0 Å². The number of benzene rings is 3. The lowest BCUT2D eigenvalue weighted by molar-refractivity contribution is 0.923. The molecule has 1 aliphatic heterocycles. The normalized spacial score (nSPS) is 16.4. The summed E-state index contributed by atoms with van der Waals surface area (Å²) < 4.78 is 0. The molecule has 1 unspecified atom stereocenters. The molecule has 3 aromatic rings. The molecule has 1 aliphatic rings. The number of anilines is 1. The average Bonchev–Trinajstić information content (AvgIpc) is 2.69. The number of hydrogen-bond donors (Lipinski definition) is 0. The van der Waals surface area contributed by atoms with Crippen LogP contribution in [0.2, 0.25) is 0 Å². The summed E-state index contributed by atoms with van der Waals surface area (Å²) in [6.45, 7) is 0.913. The zero-order valence-electron chi connectivity index (χ0n) is 13.2. The summed E-state index contributed by atoms with van der Waals surface area (Å²) in [7, 11) is 8.27. The zero-order valence-corrected chi connectivity index (χ0v) is 13.2. The van der Waals surface area contributed by atoms with Gasteiger partial charge in [-0.15, -0.1) is 0 Å². The fourth-order valence-electron chi connectivity index (χ4n) is 3.62. The highest BCUT2D eigenvalue weighted by Crippen LogP contribution is 2.41. The Morgan fingerprint density at radius 1 is 0.870 bits per heavy atom. The van der Waals surface area contributed by atoms with E-state index in [0.717, 1.165) is 12.0 Å². The summed E-state index contributed by atoms with van der Waals surface area (Å²) in [5.41, 5.74) is 7.40. The third-order valence-corrected chi connectivity index (χ3v) is 4.68. The van der Waals surface area contributed by atoms with E-state index in [0.29, 0.717) is 0 Å². The van der Waals surface area contributed by atoms with Crippen molar-refractivity contribution in [3.8, 4) is 0 Å². The van der Waals surface area contributed by atoms with Crippen LogP contribution in [0.4, 0.5) is 5.69 Å². The first-order chi connectivity index (χ1) is 11.2. The molecule has 0 bridgehead atoms. The quantitative estimate of drug-likeness (QED) is 0.620. The number of fused-ring (bicyclic) bond motifs is 2. The molecule has 3 aromatic carbocycles. The van der Waals surface area contributed by atoms with E-state index in [9.17, 15) is 0 Å². The van der Waals surface area contributed by atoms with Gasteiger partial charge in [-0.2, -0.15) is 0 Å². The summed E-state index contributed by atoms with van der Waals surface area (Å²) in [4.78, 5) is 2.32. The molecule has 4 rings (SSSR count). The topological polar surface area (TPSA) is 3.24 Å². The first-order valence-electron chi connectivity index (χ1n) is 7.97. The van der Waals surface area contributed by atoms with Crippen LogP contribution in [0.25, 0.3) is 0 Å². The van der Waals surface area contributed by atoms with Crippen molar-refractivity contribution in [1.29, 1.82) is 0 Å². The van der Waals surface area contributed by atoms with Gasteiger partial charge in [0.1, 0.15) is 7.85 Å². The predicted molar refractivity (Wildman–Crippen MR) is 97.8 cm³/mol. The lowest BCUT2D eigenvalue weighted by Gasteiger charge is -2.23. The van der Waals surface area contributed by atoms with Gasteiger partial charge in [0, 0.05) is 25.2 Å². The first kappa shape index (κ1) is 14.1. The standard InChI is InChI=1S/C21H18BN/c1-23-14-16-9-5-6-10-18(16)21(15-7-3-2-4-8-15)19-13-17(22)11-12-20(19)23/h2-13,21H,14H2,1H3. The molecule has 0 spiro atoms. The molecule has 0 N–H and O–H groups in total.